The lowest BCUT2D eigenvalue weighted by Crippen LogP contribution is -2.26. The first kappa shape index (κ1) is 18.3. The lowest BCUT2D eigenvalue weighted by Gasteiger charge is -2.08. The van der Waals surface area contributed by atoms with Crippen LogP contribution in [-0.4, -0.2) is 23.5 Å². The van der Waals surface area contributed by atoms with Gasteiger partial charge >= 0.3 is 5.97 Å². The summed E-state index contributed by atoms with van der Waals surface area (Å²) in [5, 5.41) is 12.3. The fraction of sp³-hybridized carbons (Fsp3) is 0.222. The van der Waals surface area contributed by atoms with Crippen LogP contribution in [0.25, 0.3) is 0 Å². The molecule has 0 fully saturated rings. The van der Waals surface area contributed by atoms with Crippen LogP contribution in [0.3, 0.4) is 0 Å². The van der Waals surface area contributed by atoms with Crippen LogP contribution in [-0.2, 0) is 17.6 Å². The van der Waals surface area contributed by atoms with Gasteiger partial charge in [0.1, 0.15) is 0 Å². The molecule has 0 aromatic heterocycles. The van der Waals surface area contributed by atoms with Gasteiger partial charge in [0.25, 0.3) is 5.91 Å². The topological polar surface area (TPSA) is 66.4 Å². The number of aryl methyl sites for hydroxylation is 1. The van der Waals surface area contributed by atoms with Gasteiger partial charge in [0.15, 0.2) is 0 Å². The maximum atomic E-state index is 12.1. The molecule has 0 saturated carbocycles. The molecule has 0 heterocycles. The molecule has 2 N–H and O–H groups in total. The van der Waals surface area contributed by atoms with Crippen LogP contribution in [0.15, 0.2) is 42.5 Å². The monoisotopic (exact) mass is 365 g/mol. The zero-order chi connectivity index (χ0) is 17.5. The van der Waals surface area contributed by atoms with Crippen molar-refractivity contribution in [2.75, 3.05) is 6.54 Å². The number of carbonyl (C=O) groups excluding carboxylic acids is 1. The van der Waals surface area contributed by atoms with E-state index in [1.165, 1.54) is 6.07 Å². The van der Waals surface area contributed by atoms with Crippen LogP contribution < -0.4 is 5.32 Å². The fourth-order valence-corrected chi connectivity index (χ4v) is 2.59. The van der Waals surface area contributed by atoms with Gasteiger partial charge in [0.2, 0.25) is 0 Å². The number of hydrogen-bond acceptors (Lipinski definition) is 2. The highest BCUT2D eigenvalue weighted by molar-refractivity contribution is 6.35. The molecule has 1 amide bonds. The third-order valence-electron chi connectivity index (χ3n) is 3.52. The lowest BCUT2D eigenvalue weighted by atomic mass is 10.1. The van der Waals surface area contributed by atoms with Crippen molar-refractivity contribution < 1.29 is 14.7 Å². The molecule has 0 unspecified atom stereocenters. The largest absolute Gasteiger partial charge is 0.481 e. The molecule has 2 rings (SSSR count). The Morgan fingerprint density at radius 1 is 0.958 bits per heavy atom. The molecule has 2 aromatic carbocycles. The van der Waals surface area contributed by atoms with Crippen molar-refractivity contribution >= 4 is 35.1 Å². The van der Waals surface area contributed by atoms with E-state index in [0.717, 1.165) is 11.1 Å². The molecule has 2 aromatic rings. The number of carbonyl (C=O) groups is 2. The van der Waals surface area contributed by atoms with Gasteiger partial charge in [-0.15, -0.1) is 0 Å². The molecule has 0 atom stereocenters. The van der Waals surface area contributed by atoms with Gasteiger partial charge in [-0.05, 0) is 42.2 Å². The summed E-state index contributed by atoms with van der Waals surface area (Å²) < 4.78 is 0. The Bertz CT molecular complexity index is 730. The number of halogens is 2. The fourth-order valence-electron chi connectivity index (χ4n) is 2.21. The van der Waals surface area contributed by atoms with Gasteiger partial charge in [-0.3, -0.25) is 9.59 Å². The number of benzene rings is 2. The van der Waals surface area contributed by atoms with Gasteiger partial charge in [-0.2, -0.15) is 0 Å². The number of nitrogens with one attached hydrogen (secondary N) is 1. The minimum atomic E-state index is -0.804. The molecular weight excluding hydrogens is 349 g/mol. The molecular formula is C18H17Cl2NO3. The minimum Gasteiger partial charge on any atom is -0.481 e. The van der Waals surface area contributed by atoms with Gasteiger partial charge in [0.05, 0.1) is 10.6 Å². The van der Waals surface area contributed by atoms with Gasteiger partial charge < -0.3 is 10.4 Å². The van der Waals surface area contributed by atoms with E-state index in [9.17, 15) is 9.59 Å². The summed E-state index contributed by atoms with van der Waals surface area (Å²) >= 11 is 11.9. The van der Waals surface area contributed by atoms with Crippen molar-refractivity contribution in [2.24, 2.45) is 0 Å². The first-order chi connectivity index (χ1) is 11.5. The summed E-state index contributed by atoms with van der Waals surface area (Å²) in [7, 11) is 0. The van der Waals surface area contributed by atoms with Crippen LogP contribution in [0.2, 0.25) is 10.0 Å². The Labute approximate surface area is 150 Å². The first-order valence-corrected chi connectivity index (χ1v) is 8.24. The quantitative estimate of drug-likeness (QED) is 0.779. The van der Waals surface area contributed by atoms with E-state index < -0.39 is 5.97 Å². The maximum Gasteiger partial charge on any atom is 0.303 e. The average Bonchev–Trinajstić information content (AvgIpc) is 2.56. The number of carboxylic acids is 1. The molecule has 126 valence electrons. The standard InChI is InChI=1S/C18H17Cl2NO3/c19-14-6-7-16(20)15(11-14)18(24)21-10-9-13-3-1-12(2-4-13)5-8-17(22)23/h1-4,6-7,11H,5,8-10H2,(H,21,24)(H,22,23). The number of rotatable bonds is 7. The van der Waals surface area contributed by atoms with Crippen LogP contribution in [0.4, 0.5) is 0 Å². The molecule has 6 heteroatoms. The minimum absolute atomic E-state index is 0.121. The van der Waals surface area contributed by atoms with E-state index >= 15 is 0 Å². The highest BCUT2D eigenvalue weighted by atomic mass is 35.5. The van der Waals surface area contributed by atoms with Gasteiger partial charge in [0, 0.05) is 18.0 Å². The molecule has 0 saturated heterocycles. The van der Waals surface area contributed by atoms with Gasteiger partial charge in [-0.1, -0.05) is 47.5 Å². The second kappa shape index (κ2) is 8.71. The molecule has 0 spiro atoms. The second-order valence-electron chi connectivity index (χ2n) is 5.34. The Morgan fingerprint density at radius 2 is 1.58 bits per heavy atom. The Morgan fingerprint density at radius 3 is 2.21 bits per heavy atom. The number of aliphatic carboxylic acids is 1. The predicted octanol–water partition coefficient (Wildman–Crippen LogP) is 3.98. The van der Waals surface area contributed by atoms with Crippen LogP contribution in [0.1, 0.15) is 27.9 Å². The summed E-state index contributed by atoms with van der Waals surface area (Å²) in [4.78, 5) is 22.7. The summed E-state index contributed by atoms with van der Waals surface area (Å²) in [5.41, 5.74) is 2.40. The number of carboxylic acid groups (broad SMARTS) is 1. The molecule has 0 aliphatic carbocycles. The molecule has 0 aliphatic rings. The van der Waals surface area contributed by atoms with E-state index in [1.807, 2.05) is 24.3 Å². The zero-order valence-electron chi connectivity index (χ0n) is 12.9. The summed E-state index contributed by atoms with van der Waals surface area (Å²) in [6.45, 7) is 0.468. The summed E-state index contributed by atoms with van der Waals surface area (Å²) in [6.07, 6.45) is 1.30. The van der Waals surface area contributed by atoms with E-state index in [4.69, 9.17) is 28.3 Å². The molecule has 0 aliphatic heterocycles. The van der Waals surface area contributed by atoms with E-state index in [0.29, 0.717) is 35.0 Å². The highest BCUT2D eigenvalue weighted by Gasteiger charge is 2.10. The van der Waals surface area contributed by atoms with Crippen molar-refractivity contribution in [3.05, 3.63) is 69.2 Å². The normalized spacial score (nSPS) is 10.4. The van der Waals surface area contributed by atoms with Crippen LogP contribution in [0.5, 0.6) is 0 Å². The van der Waals surface area contributed by atoms with Crippen molar-refractivity contribution in [3.8, 4) is 0 Å². The summed E-state index contributed by atoms with van der Waals surface area (Å²) in [6, 6.07) is 12.5. The van der Waals surface area contributed by atoms with E-state index in [1.54, 1.807) is 12.1 Å². The second-order valence-corrected chi connectivity index (χ2v) is 6.18. The van der Waals surface area contributed by atoms with Crippen molar-refractivity contribution in [2.45, 2.75) is 19.3 Å². The highest BCUT2D eigenvalue weighted by Crippen LogP contribution is 2.20. The van der Waals surface area contributed by atoms with E-state index in [-0.39, 0.29) is 12.3 Å². The van der Waals surface area contributed by atoms with Crippen molar-refractivity contribution in [3.63, 3.8) is 0 Å². The Balaban J connectivity index is 1.84. The lowest BCUT2D eigenvalue weighted by molar-refractivity contribution is -0.136. The Kier molecular flexibility index (Phi) is 6.64. The Hall–Kier alpha value is -2.04. The van der Waals surface area contributed by atoms with E-state index in [2.05, 4.69) is 5.32 Å². The number of hydrogen-bond donors (Lipinski definition) is 2. The van der Waals surface area contributed by atoms with Crippen molar-refractivity contribution in [1.29, 1.82) is 0 Å². The smallest absolute Gasteiger partial charge is 0.303 e. The SMILES string of the molecule is O=C(O)CCc1ccc(CCNC(=O)c2cc(Cl)ccc2Cl)cc1. The van der Waals surface area contributed by atoms with Crippen molar-refractivity contribution in [1.82, 2.24) is 5.32 Å². The van der Waals surface area contributed by atoms with Crippen LogP contribution in [0, 0.1) is 0 Å². The molecule has 0 bridgehead atoms. The van der Waals surface area contributed by atoms with Crippen LogP contribution >= 0.6 is 23.2 Å². The average molecular weight is 366 g/mol. The van der Waals surface area contributed by atoms with Gasteiger partial charge in [-0.25, -0.2) is 0 Å². The molecule has 0 radical (unpaired) electrons. The summed E-state index contributed by atoms with van der Waals surface area (Å²) in [5.74, 6) is -1.07. The zero-order valence-corrected chi connectivity index (χ0v) is 14.4. The third kappa shape index (κ3) is 5.55. The maximum absolute atomic E-state index is 12.1. The third-order valence-corrected chi connectivity index (χ3v) is 4.09. The first-order valence-electron chi connectivity index (χ1n) is 7.48. The molecule has 4 nitrogen and oxygen atoms in total. The molecule has 24 heavy (non-hydrogen) atoms. The predicted molar refractivity (Wildman–Crippen MR) is 94.9 cm³/mol. The number of amides is 1.